The van der Waals surface area contributed by atoms with E-state index in [-0.39, 0.29) is 0 Å². The minimum Gasteiger partial charge on any atom is -0.309 e. The van der Waals surface area contributed by atoms with Gasteiger partial charge in [-0.2, -0.15) is 0 Å². The van der Waals surface area contributed by atoms with E-state index in [1.165, 1.54) is 91.8 Å². The third-order valence-corrected chi connectivity index (χ3v) is 10.6. The molecule has 1 atom stereocenters. The normalized spacial score (nSPS) is 15.5. The first-order valence-electron chi connectivity index (χ1n) is 14.5. The average Bonchev–Trinajstić information content (AvgIpc) is 3.66. The first kappa shape index (κ1) is 22.1. The van der Waals surface area contributed by atoms with Gasteiger partial charge in [-0.15, -0.1) is 11.3 Å². The minimum atomic E-state index is 0.532. The Labute approximate surface area is 241 Å². The van der Waals surface area contributed by atoms with Crippen LogP contribution >= 0.6 is 11.3 Å². The Morgan fingerprint density at radius 3 is 2.41 bits per heavy atom. The fourth-order valence-corrected chi connectivity index (χ4v) is 8.81. The summed E-state index contributed by atoms with van der Waals surface area (Å²) in [6, 6.07) is 38.8. The van der Waals surface area contributed by atoms with Crippen LogP contribution in [0.4, 0.5) is 0 Å². The molecule has 0 radical (unpaired) electrons. The van der Waals surface area contributed by atoms with Crippen molar-refractivity contribution in [2.75, 3.05) is 0 Å². The number of fused-ring (bicyclic) bond motifs is 12. The number of nitrogens with zero attached hydrogens (tertiary/aromatic N) is 1. The number of allylic oxidation sites excluding steroid dienone is 1. The molecule has 2 aliphatic rings. The van der Waals surface area contributed by atoms with Gasteiger partial charge in [-0.25, -0.2) is 0 Å². The van der Waals surface area contributed by atoms with Crippen LogP contribution in [-0.2, 0) is 6.42 Å². The van der Waals surface area contributed by atoms with Gasteiger partial charge in [-0.05, 0) is 86.5 Å². The third kappa shape index (κ3) is 2.81. The molecular weight excluding hydrogens is 515 g/mol. The Bertz CT molecular complexity index is 2460. The predicted molar refractivity (Wildman–Crippen MR) is 178 cm³/mol. The first-order valence-corrected chi connectivity index (χ1v) is 15.3. The molecule has 0 fully saturated rings. The summed E-state index contributed by atoms with van der Waals surface area (Å²) in [5.74, 6) is 0.532. The van der Waals surface area contributed by atoms with Gasteiger partial charge in [-0.1, -0.05) is 91.9 Å². The van der Waals surface area contributed by atoms with Crippen LogP contribution in [0.15, 0.2) is 109 Å². The van der Waals surface area contributed by atoms with Gasteiger partial charge in [0.15, 0.2) is 0 Å². The molecule has 2 aromatic heterocycles. The number of hydrogen-bond acceptors (Lipinski definition) is 1. The van der Waals surface area contributed by atoms with Crippen LogP contribution in [0.5, 0.6) is 0 Å². The van der Waals surface area contributed by atoms with Gasteiger partial charge in [0.1, 0.15) is 0 Å². The molecule has 1 nitrogen and oxygen atoms in total. The molecule has 8 aromatic rings. The molecule has 10 rings (SSSR count). The molecule has 192 valence electrons. The van der Waals surface area contributed by atoms with Crippen molar-refractivity contribution in [1.29, 1.82) is 0 Å². The largest absolute Gasteiger partial charge is 0.309 e. The molecule has 2 heterocycles. The molecule has 2 aliphatic carbocycles. The second-order valence-electron chi connectivity index (χ2n) is 11.8. The van der Waals surface area contributed by atoms with Crippen molar-refractivity contribution in [3.8, 4) is 27.9 Å². The molecule has 41 heavy (non-hydrogen) atoms. The molecule has 6 aromatic carbocycles. The molecule has 0 saturated heterocycles. The lowest BCUT2D eigenvalue weighted by Gasteiger charge is -2.16. The number of aromatic nitrogens is 1. The quantitative estimate of drug-likeness (QED) is 0.195. The minimum absolute atomic E-state index is 0.532. The van der Waals surface area contributed by atoms with Crippen LogP contribution in [0.25, 0.3) is 86.6 Å². The maximum Gasteiger partial charge on any atom is 0.0622 e. The van der Waals surface area contributed by atoms with E-state index < -0.39 is 0 Å². The second-order valence-corrected chi connectivity index (χ2v) is 12.9. The first-order chi connectivity index (χ1) is 20.2. The van der Waals surface area contributed by atoms with Gasteiger partial charge < -0.3 is 4.57 Å². The summed E-state index contributed by atoms with van der Waals surface area (Å²) in [5.41, 5.74) is 10.8. The summed E-state index contributed by atoms with van der Waals surface area (Å²) in [7, 11) is 0. The highest BCUT2D eigenvalue weighted by atomic mass is 32.1. The lowest BCUT2D eigenvalue weighted by molar-refractivity contribution is 0.718. The molecule has 0 bridgehead atoms. The van der Waals surface area contributed by atoms with Gasteiger partial charge in [0, 0.05) is 42.5 Å². The van der Waals surface area contributed by atoms with E-state index >= 15 is 0 Å². The molecule has 0 N–H and O–H groups in total. The SMILES string of the molecule is CC1C=Cc2c(c3ccc4c(c3n2-c2ccc3sc5ccc6ccccc6c5c3c2)-c2cccc3cccc-4c23)C1. The van der Waals surface area contributed by atoms with E-state index in [0.29, 0.717) is 5.92 Å². The van der Waals surface area contributed by atoms with Gasteiger partial charge in [-0.3, -0.25) is 0 Å². The molecule has 2 heteroatoms. The Morgan fingerprint density at radius 2 is 1.49 bits per heavy atom. The monoisotopic (exact) mass is 539 g/mol. The standard InChI is InChI=1S/C39H25NS/c1-22-12-17-33-31(20-22)29-16-15-28-27-10-4-7-24-8-5-11-30(36(24)27)38(28)39(29)40(33)25-14-19-34-32(21-25)37-26-9-3-2-6-23(26)13-18-35(37)41-34/h2-19,21-22H,20H2,1H3. The number of thiophene rings is 1. The highest BCUT2D eigenvalue weighted by Crippen LogP contribution is 2.52. The Hall–Kier alpha value is -4.66. The van der Waals surface area contributed by atoms with E-state index in [0.717, 1.165) is 6.42 Å². The molecule has 0 amide bonds. The zero-order valence-electron chi connectivity index (χ0n) is 22.6. The fourth-order valence-electron chi connectivity index (χ4n) is 7.71. The van der Waals surface area contributed by atoms with Gasteiger partial charge >= 0.3 is 0 Å². The van der Waals surface area contributed by atoms with Gasteiger partial charge in [0.2, 0.25) is 0 Å². The lowest BCUT2D eigenvalue weighted by Crippen LogP contribution is -2.05. The van der Waals surface area contributed by atoms with Gasteiger partial charge in [0.05, 0.1) is 5.52 Å². The number of hydrogen-bond donors (Lipinski definition) is 0. The van der Waals surface area contributed by atoms with Crippen LogP contribution < -0.4 is 0 Å². The van der Waals surface area contributed by atoms with Crippen molar-refractivity contribution in [2.45, 2.75) is 13.3 Å². The average molecular weight is 540 g/mol. The van der Waals surface area contributed by atoms with E-state index in [1.807, 2.05) is 11.3 Å². The van der Waals surface area contributed by atoms with E-state index in [4.69, 9.17) is 0 Å². The zero-order chi connectivity index (χ0) is 26.8. The second kappa shape index (κ2) is 7.75. The van der Waals surface area contributed by atoms with Crippen LogP contribution in [0.1, 0.15) is 18.2 Å². The van der Waals surface area contributed by atoms with Crippen LogP contribution in [0.2, 0.25) is 0 Å². The zero-order valence-corrected chi connectivity index (χ0v) is 23.4. The van der Waals surface area contributed by atoms with Crippen LogP contribution in [0, 0.1) is 5.92 Å². The smallest absolute Gasteiger partial charge is 0.0622 e. The maximum absolute atomic E-state index is 2.57. The molecule has 0 aliphatic heterocycles. The van der Waals surface area contributed by atoms with Crippen molar-refractivity contribution < 1.29 is 0 Å². The van der Waals surface area contributed by atoms with Crippen LogP contribution in [0.3, 0.4) is 0 Å². The topological polar surface area (TPSA) is 4.93 Å². The van der Waals surface area contributed by atoms with E-state index in [9.17, 15) is 0 Å². The van der Waals surface area contributed by atoms with E-state index in [1.54, 1.807) is 0 Å². The Balaban J connectivity index is 1.36. The molecule has 0 saturated carbocycles. The van der Waals surface area contributed by atoms with Crippen LogP contribution in [-0.4, -0.2) is 4.57 Å². The third-order valence-electron chi connectivity index (χ3n) is 9.45. The van der Waals surface area contributed by atoms with Gasteiger partial charge in [0.25, 0.3) is 0 Å². The summed E-state index contributed by atoms with van der Waals surface area (Å²) in [6.45, 7) is 2.33. The summed E-state index contributed by atoms with van der Waals surface area (Å²) >= 11 is 1.90. The van der Waals surface area contributed by atoms with Crippen molar-refractivity contribution in [3.63, 3.8) is 0 Å². The molecule has 1 unspecified atom stereocenters. The Morgan fingerprint density at radius 1 is 0.659 bits per heavy atom. The van der Waals surface area contributed by atoms with E-state index in [2.05, 4.69) is 127 Å². The molecule has 0 spiro atoms. The van der Waals surface area contributed by atoms with Crippen molar-refractivity contribution >= 4 is 70.0 Å². The Kier molecular flexibility index (Phi) is 4.17. The molecular formula is C39H25NS. The lowest BCUT2D eigenvalue weighted by atomic mass is 9.92. The van der Waals surface area contributed by atoms with Crippen molar-refractivity contribution in [1.82, 2.24) is 4.57 Å². The number of rotatable bonds is 1. The summed E-state index contributed by atoms with van der Waals surface area (Å²) in [4.78, 5) is 0. The summed E-state index contributed by atoms with van der Waals surface area (Å²) in [6.07, 6.45) is 5.84. The predicted octanol–water partition coefficient (Wildman–Crippen LogP) is 11.2. The highest BCUT2D eigenvalue weighted by Gasteiger charge is 2.29. The highest BCUT2D eigenvalue weighted by molar-refractivity contribution is 7.26. The van der Waals surface area contributed by atoms with Crippen molar-refractivity contribution in [2.24, 2.45) is 5.92 Å². The van der Waals surface area contributed by atoms with Crippen molar-refractivity contribution in [3.05, 3.63) is 120 Å². The number of benzene rings is 6. The maximum atomic E-state index is 2.57. The fraction of sp³-hybridized carbons (Fsp3) is 0.0769. The summed E-state index contributed by atoms with van der Waals surface area (Å²) in [5, 5.41) is 9.46. The summed E-state index contributed by atoms with van der Waals surface area (Å²) < 4.78 is 5.27.